The molecule has 2 aromatic rings. The average molecular weight is 312 g/mol. The molecular formula is C18H20N2O3. The van der Waals surface area contributed by atoms with Gasteiger partial charge >= 0.3 is 11.8 Å². The topological polar surface area (TPSA) is 69.6 Å². The summed E-state index contributed by atoms with van der Waals surface area (Å²) in [6, 6.07) is 14.3. The molecule has 5 nitrogen and oxygen atoms in total. The molecule has 2 aromatic carbocycles. The van der Waals surface area contributed by atoms with Crippen molar-refractivity contribution >= 4 is 17.5 Å². The van der Waals surface area contributed by atoms with Crippen molar-refractivity contribution in [3.8, 4) is 5.75 Å². The maximum Gasteiger partial charge on any atom is 0.314 e. The Morgan fingerprint density at radius 3 is 2.43 bits per heavy atom. The lowest BCUT2D eigenvalue weighted by Gasteiger charge is -2.20. The van der Waals surface area contributed by atoms with E-state index >= 15 is 0 Å². The van der Waals surface area contributed by atoms with Crippen molar-refractivity contribution in [2.45, 2.75) is 20.4 Å². The molecule has 0 saturated carbocycles. The Labute approximate surface area is 135 Å². The first-order valence-corrected chi connectivity index (χ1v) is 7.45. The quantitative estimate of drug-likeness (QED) is 0.673. The Hall–Kier alpha value is -2.82. The third kappa shape index (κ3) is 4.32. The number of aromatic hydroxyl groups is 1. The van der Waals surface area contributed by atoms with Crippen LogP contribution in [0, 0.1) is 6.92 Å². The molecular weight excluding hydrogens is 292 g/mol. The van der Waals surface area contributed by atoms with Crippen LogP contribution < -0.4 is 5.32 Å². The smallest absolute Gasteiger partial charge is 0.314 e. The lowest BCUT2D eigenvalue weighted by molar-refractivity contribution is -0.143. The number of phenols is 1. The standard InChI is InChI=1S/C18H20N2O3/c1-3-20(12-14-7-5-4-6-8-14)18(23)17(22)19-15-10-9-13(2)11-16(15)21/h4-11,21H,3,12H2,1-2H3,(H,19,22). The maximum atomic E-state index is 12.3. The second kappa shape index (κ2) is 7.45. The van der Waals surface area contributed by atoms with E-state index in [1.807, 2.05) is 44.2 Å². The van der Waals surface area contributed by atoms with Crippen LogP contribution in [0.5, 0.6) is 5.75 Å². The van der Waals surface area contributed by atoms with Gasteiger partial charge in [-0.25, -0.2) is 0 Å². The van der Waals surface area contributed by atoms with Crippen LogP contribution in [0.1, 0.15) is 18.1 Å². The zero-order chi connectivity index (χ0) is 16.8. The number of hydrogen-bond donors (Lipinski definition) is 2. The lowest BCUT2D eigenvalue weighted by Crippen LogP contribution is -2.39. The van der Waals surface area contributed by atoms with Crippen LogP contribution in [0.3, 0.4) is 0 Å². The van der Waals surface area contributed by atoms with Gasteiger partial charge in [-0.2, -0.15) is 0 Å². The summed E-state index contributed by atoms with van der Waals surface area (Å²) in [5.41, 5.74) is 2.05. The van der Waals surface area contributed by atoms with Gasteiger partial charge in [0.25, 0.3) is 0 Å². The summed E-state index contributed by atoms with van der Waals surface area (Å²) in [6.45, 7) is 4.43. The predicted octanol–water partition coefficient (Wildman–Crippen LogP) is 2.69. The Kier molecular flexibility index (Phi) is 5.36. The fraction of sp³-hybridized carbons (Fsp3) is 0.222. The Balaban J connectivity index is 2.06. The minimum absolute atomic E-state index is 0.0581. The molecule has 2 rings (SSSR count). The number of aryl methyl sites for hydroxylation is 1. The largest absolute Gasteiger partial charge is 0.506 e. The van der Waals surface area contributed by atoms with Gasteiger partial charge in [-0.15, -0.1) is 0 Å². The van der Waals surface area contributed by atoms with Gasteiger partial charge in [-0.05, 0) is 37.1 Å². The van der Waals surface area contributed by atoms with Crippen LogP contribution in [0.2, 0.25) is 0 Å². The highest BCUT2D eigenvalue weighted by molar-refractivity contribution is 6.39. The predicted molar refractivity (Wildman–Crippen MR) is 89.0 cm³/mol. The van der Waals surface area contributed by atoms with Crippen LogP contribution in [0.15, 0.2) is 48.5 Å². The molecule has 0 bridgehead atoms. The Bertz CT molecular complexity index is 699. The molecule has 0 heterocycles. The number of benzene rings is 2. The van der Waals surface area contributed by atoms with Gasteiger partial charge < -0.3 is 15.3 Å². The molecule has 0 aliphatic rings. The molecule has 5 heteroatoms. The van der Waals surface area contributed by atoms with Crippen molar-refractivity contribution in [2.24, 2.45) is 0 Å². The molecule has 120 valence electrons. The fourth-order valence-electron chi connectivity index (χ4n) is 2.20. The van der Waals surface area contributed by atoms with Crippen molar-refractivity contribution < 1.29 is 14.7 Å². The zero-order valence-electron chi connectivity index (χ0n) is 13.2. The number of nitrogens with zero attached hydrogens (tertiary/aromatic N) is 1. The Morgan fingerprint density at radius 1 is 1.13 bits per heavy atom. The zero-order valence-corrected chi connectivity index (χ0v) is 13.2. The van der Waals surface area contributed by atoms with Crippen LogP contribution in [0.25, 0.3) is 0 Å². The number of amides is 2. The lowest BCUT2D eigenvalue weighted by atomic mass is 10.2. The summed E-state index contributed by atoms with van der Waals surface area (Å²) in [7, 11) is 0. The summed E-state index contributed by atoms with van der Waals surface area (Å²) in [5.74, 6) is -1.45. The SMILES string of the molecule is CCN(Cc1ccccc1)C(=O)C(=O)Nc1ccc(C)cc1O. The van der Waals surface area contributed by atoms with Crippen LogP contribution >= 0.6 is 0 Å². The number of anilines is 1. The van der Waals surface area contributed by atoms with Gasteiger partial charge in [0.2, 0.25) is 0 Å². The third-order valence-electron chi connectivity index (χ3n) is 3.48. The summed E-state index contributed by atoms with van der Waals surface area (Å²) < 4.78 is 0. The molecule has 0 aliphatic carbocycles. The summed E-state index contributed by atoms with van der Waals surface area (Å²) in [6.07, 6.45) is 0. The number of likely N-dealkylation sites (N-methyl/N-ethyl adjacent to an activating group) is 1. The van der Waals surface area contributed by atoms with E-state index in [2.05, 4.69) is 5.32 Å². The molecule has 0 aliphatic heterocycles. The molecule has 0 radical (unpaired) electrons. The van der Waals surface area contributed by atoms with Crippen molar-refractivity contribution in [3.05, 3.63) is 59.7 Å². The van der Waals surface area contributed by atoms with E-state index in [0.29, 0.717) is 13.1 Å². The van der Waals surface area contributed by atoms with Gasteiger partial charge in [0.15, 0.2) is 0 Å². The third-order valence-corrected chi connectivity index (χ3v) is 3.48. The maximum absolute atomic E-state index is 12.3. The highest BCUT2D eigenvalue weighted by Crippen LogP contribution is 2.23. The average Bonchev–Trinajstić information content (AvgIpc) is 2.55. The van der Waals surface area contributed by atoms with E-state index in [4.69, 9.17) is 0 Å². The summed E-state index contributed by atoms with van der Waals surface area (Å²) >= 11 is 0. The van der Waals surface area contributed by atoms with Gasteiger partial charge in [0.05, 0.1) is 5.69 Å². The first kappa shape index (κ1) is 16.5. The van der Waals surface area contributed by atoms with Crippen molar-refractivity contribution in [1.82, 2.24) is 4.90 Å². The molecule has 0 saturated heterocycles. The highest BCUT2D eigenvalue weighted by Gasteiger charge is 2.21. The van der Waals surface area contributed by atoms with Crippen LogP contribution in [-0.2, 0) is 16.1 Å². The summed E-state index contributed by atoms with van der Waals surface area (Å²) in [5, 5.41) is 12.3. The molecule has 0 aromatic heterocycles. The molecule has 0 atom stereocenters. The number of rotatable bonds is 4. The Morgan fingerprint density at radius 2 is 1.83 bits per heavy atom. The normalized spacial score (nSPS) is 10.2. The van der Waals surface area contributed by atoms with E-state index < -0.39 is 11.8 Å². The van der Waals surface area contributed by atoms with E-state index in [0.717, 1.165) is 11.1 Å². The first-order chi connectivity index (χ1) is 11.0. The minimum Gasteiger partial charge on any atom is -0.506 e. The molecule has 0 spiro atoms. The fourth-order valence-corrected chi connectivity index (χ4v) is 2.20. The molecule has 0 unspecified atom stereocenters. The van der Waals surface area contributed by atoms with E-state index in [1.54, 1.807) is 12.1 Å². The van der Waals surface area contributed by atoms with Crippen molar-refractivity contribution in [2.75, 3.05) is 11.9 Å². The van der Waals surface area contributed by atoms with E-state index in [-0.39, 0.29) is 11.4 Å². The van der Waals surface area contributed by atoms with Gasteiger partial charge in [0.1, 0.15) is 5.75 Å². The number of carbonyl (C=O) groups is 2. The second-order valence-corrected chi connectivity index (χ2v) is 5.28. The molecule has 2 amide bonds. The van der Waals surface area contributed by atoms with Crippen molar-refractivity contribution in [1.29, 1.82) is 0 Å². The number of hydrogen-bond acceptors (Lipinski definition) is 3. The monoisotopic (exact) mass is 312 g/mol. The number of nitrogens with one attached hydrogen (secondary N) is 1. The highest BCUT2D eigenvalue weighted by atomic mass is 16.3. The second-order valence-electron chi connectivity index (χ2n) is 5.28. The molecule has 23 heavy (non-hydrogen) atoms. The first-order valence-electron chi connectivity index (χ1n) is 7.45. The summed E-state index contributed by atoms with van der Waals surface area (Å²) in [4.78, 5) is 25.9. The number of carbonyl (C=O) groups excluding carboxylic acids is 2. The van der Waals surface area contributed by atoms with Crippen LogP contribution in [0.4, 0.5) is 5.69 Å². The van der Waals surface area contributed by atoms with E-state index in [9.17, 15) is 14.7 Å². The van der Waals surface area contributed by atoms with Gasteiger partial charge in [0, 0.05) is 13.1 Å². The van der Waals surface area contributed by atoms with Crippen molar-refractivity contribution in [3.63, 3.8) is 0 Å². The molecule has 2 N–H and O–H groups in total. The van der Waals surface area contributed by atoms with Gasteiger partial charge in [-0.3, -0.25) is 9.59 Å². The van der Waals surface area contributed by atoms with E-state index in [1.165, 1.54) is 11.0 Å². The number of phenolic OH excluding ortho intramolecular Hbond substituents is 1. The minimum atomic E-state index is -0.762. The van der Waals surface area contributed by atoms with Crippen LogP contribution in [-0.4, -0.2) is 28.4 Å². The van der Waals surface area contributed by atoms with Gasteiger partial charge in [-0.1, -0.05) is 36.4 Å². The molecule has 0 fully saturated rings.